The van der Waals surface area contributed by atoms with Crippen LogP contribution in [0.15, 0.2) is 29.3 Å². The number of nitrogens with one attached hydrogen (secondary N) is 2. The van der Waals surface area contributed by atoms with Gasteiger partial charge in [0.15, 0.2) is 5.96 Å². The molecule has 0 radical (unpaired) electrons. The molecule has 1 aliphatic rings. The van der Waals surface area contributed by atoms with E-state index in [9.17, 15) is 4.39 Å². The molecule has 1 aromatic rings. The van der Waals surface area contributed by atoms with E-state index >= 15 is 0 Å². The molecule has 2 N–H and O–H groups in total. The molecular formula is C14H22FIN4. The van der Waals surface area contributed by atoms with Gasteiger partial charge in [0, 0.05) is 33.2 Å². The third kappa shape index (κ3) is 5.15. The predicted octanol–water partition coefficient (Wildman–Crippen LogP) is 2.21. The molecule has 1 aromatic carbocycles. The first-order valence-corrected chi connectivity index (χ1v) is 6.75. The van der Waals surface area contributed by atoms with Crippen molar-refractivity contribution in [2.45, 2.75) is 12.8 Å². The van der Waals surface area contributed by atoms with E-state index in [1.54, 1.807) is 12.1 Å². The first-order valence-electron chi connectivity index (χ1n) is 6.75. The second-order valence-electron chi connectivity index (χ2n) is 4.66. The van der Waals surface area contributed by atoms with Crippen LogP contribution >= 0.6 is 24.0 Å². The van der Waals surface area contributed by atoms with Gasteiger partial charge in [0.2, 0.25) is 0 Å². The third-order valence-corrected chi connectivity index (χ3v) is 3.12. The molecular weight excluding hydrogens is 370 g/mol. The van der Waals surface area contributed by atoms with Crippen molar-refractivity contribution in [2.24, 2.45) is 4.99 Å². The number of hydrogen-bond acceptors (Lipinski definition) is 4. The van der Waals surface area contributed by atoms with Crippen LogP contribution in [0, 0.1) is 5.82 Å². The van der Waals surface area contributed by atoms with Gasteiger partial charge in [-0.3, -0.25) is 4.99 Å². The molecule has 0 amide bonds. The minimum absolute atomic E-state index is 0. The average molecular weight is 392 g/mol. The lowest BCUT2D eigenvalue weighted by Crippen LogP contribution is -2.41. The highest BCUT2D eigenvalue weighted by atomic mass is 127. The molecule has 0 aromatic heterocycles. The Labute approximate surface area is 136 Å². The largest absolute Gasteiger partial charge is 0.372 e. The number of halogens is 2. The molecule has 2 rings (SSSR count). The zero-order valence-corrected chi connectivity index (χ0v) is 14.1. The van der Waals surface area contributed by atoms with Crippen LogP contribution in [0.25, 0.3) is 0 Å². The van der Waals surface area contributed by atoms with Gasteiger partial charge in [-0.2, -0.15) is 0 Å². The molecule has 1 aliphatic heterocycles. The second-order valence-corrected chi connectivity index (χ2v) is 4.66. The van der Waals surface area contributed by atoms with Gasteiger partial charge < -0.3 is 15.5 Å². The maximum Gasteiger partial charge on any atom is 0.191 e. The van der Waals surface area contributed by atoms with Gasteiger partial charge >= 0.3 is 0 Å². The van der Waals surface area contributed by atoms with Gasteiger partial charge in [-0.15, -0.1) is 24.0 Å². The summed E-state index contributed by atoms with van der Waals surface area (Å²) >= 11 is 0. The Morgan fingerprint density at radius 1 is 1.40 bits per heavy atom. The Morgan fingerprint density at radius 2 is 2.20 bits per heavy atom. The number of nitrogens with zero attached hydrogens (tertiary/aromatic N) is 2. The normalized spacial score (nSPS) is 13.8. The zero-order valence-electron chi connectivity index (χ0n) is 11.7. The number of guanidine groups is 1. The van der Waals surface area contributed by atoms with E-state index in [1.807, 2.05) is 18.0 Å². The summed E-state index contributed by atoms with van der Waals surface area (Å²) < 4.78 is 13.6. The van der Waals surface area contributed by atoms with E-state index in [4.69, 9.17) is 0 Å². The highest BCUT2D eigenvalue weighted by Crippen LogP contribution is 2.16. The van der Waals surface area contributed by atoms with Crippen molar-refractivity contribution >= 4 is 35.6 Å². The number of anilines is 1. The summed E-state index contributed by atoms with van der Waals surface area (Å²) in [7, 11) is 1.91. The summed E-state index contributed by atoms with van der Waals surface area (Å²) in [6.45, 7) is 3.53. The van der Waals surface area contributed by atoms with Crippen LogP contribution in [0.3, 0.4) is 0 Å². The summed E-state index contributed by atoms with van der Waals surface area (Å²) in [6, 6.07) is 6.86. The quantitative estimate of drug-likeness (QED) is 0.597. The summed E-state index contributed by atoms with van der Waals surface area (Å²) in [5.41, 5.74) is 0.649. The van der Waals surface area contributed by atoms with Gasteiger partial charge in [0.25, 0.3) is 0 Å². The van der Waals surface area contributed by atoms with Crippen LogP contribution in [0.1, 0.15) is 12.8 Å². The standard InChI is InChI=1S/C14H21FN4.HI/c1-19(13-7-3-2-6-12(13)15)11-5-10-18-14-16-8-4-9-17-14;/h2-3,6-7H,4-5,8-11H2,1H3,(H2,16,17,18);1H. The minimum atomic E-state index is -0.170. The fourth-order valence-corrected chi connectivity index (χ4v) is 2.06. The maximum absolute atomic E-state index is 13.6. The Morgan fingerprint density at radius 3 is 2.90 bits per heavy atom. The van der Waals surface area contributed by atoms with Gasteiger partial charge in [-0.05, 0) is 25.0 Å². The highest BCUT2D eigenvalue weighted by Gasteiger charge is 2.06. The molecule has 4 nitrogen and oxygen atoms in total. The van der Waals surface area contributed by atoms with E-state index in [1.165, 1.54) is 6.07 Å². The van der Waals surface area contributed by atoms with E-state index < -0.39 is 0 Å². The fourth-order valence-electron chi connectivity index (χ4n) is 2.06. The topological polar surface area (TPSA) is 39.7 Å². The smallest absolute Gasteiger partial charge is 0.191 e. The van der Waals surface area contributed by atoms with Crippen LogP contribution in [-0.2, 0) is 0 Å². The van der Waals surface area contributed by atoms with Crippen LogP contribution in [-0.4, -0.2) is 39.2 Å². The van der Waals surface area contributed by atoms with Crippen molar-refractivity contribution in [1.29, 1.82) is 0 Å². The summed E-state index contributed by atoms with van der Waals surface area (Å²) in [4.78, 5) is 6.28. The van der Waals surface area contributed by atoms with Crippen molar-refractivity contribution in [2.75, 3.05) is 38.1 Å². The molecule has 0 atom stereocenters. The minimum Gasteiger partial charge on any atom is -0.372 e. The molecule has 0 bridgehead atoms. The lowest BCUT2D eigenvalue weighted by Gasteiger charge is -2.21. The van der Waals surface area contributed by atoms with E-state index in [2.05, 4.69) is 15.6 Å². The average Bonchev–Trinajstić information content (AvgIpc) is 2.45. The molecule has 0 saturated heterocycles. The lowest BCUT2D eigenvalue weighted by atomic mass is 10.2. The van der Waals surface area contributed by atoms with Crippen LogP contribution in [0.2, 0.25) is 0 Å². The van der Waals surface area contributed by atoms with Crippen molar-refractivity contribution in [3.63, 3.8) is 0 Å². The maximum atomic E-state index is 13.6. The fraction of sp³-hybridized carbons (Fsp3) is 0.500. The van der Waals surface area contributed by atoms with Gasteiger partial charge in [-0.25, -0.2) is 4.39 Å². The number of benzene rings is 1. The van der Waals surface area contributed by atoms with Crippen LogP contribution < -0.4 is 15.5 Å². The van der Waals surface area contributed by atoms with Gasteiger partial charge in [-0.1, -0.05) is 12.1 Å². The SMILES string of the molecule is CN(CCCNC1=NCCCN1)c1ccccc1F.I. The molecule has 0 fully saturated rings. The molecule has 0 spiro atoms. The molecule has 0 saturated carbocycles. The molecule has 0 aliphatic carbocycles. The summed E-state index contributed by atoms with van der Waals surface area (Å²) in [6.07, 6.45) is 2.03. The van der Waals surface area contributed by atoms with Crippen LogP contribution in [0.5, 0.6) is 0 Å². The van der Waals surface area contributed by atoms with Crippen molar-refractivity contribution in [3.8, 4) is 0 Å². The molecule has 112 valence electrons. The van der Waals surface area contributed by atoms with Gasteiger partial charge in [0.05, 0.1) is 5.69 Å². The monoisotopic (exact) mass is 392 g/mol. The third-order valence-electron chi connectivity index (χ3n) is 3.12. The number of hydrogen-bond donors (Lipinski definition) is 2. The lowest BCUT2D eigenvalue weighted by molar-refractivity contribution is 0.618. The number of aliphatic imine (C=N–C) groups is 1. The molecule has 0 unspecified atom stereocenters. The first-order chi connectivity index (χ1) is 9.27. The Kier molecular flexibility index (Phi) is 7.64. The van der Waals surface area contributed by atoms with Crippen molar-refractivity contribution in [1.82, 2.24) is 10.6 Å². The Hall–Kier alpha value is -1.05. The van der Waals surface area contributed by atoms with E-state index in [0.29, 0.717) is 5.69 Å². The number of rotatable bonds is 5. The van der Waals surface area contributed by atoms with Crippen LogP contribution in [0.4, 0.5) is 10.1 Å². The predicted molar refractivity (Wildman–Crippen MR) is 92.6 cm³/mol. The Bertz CT molecular complexity index is 439. The molecule has 20 heavy (non-hydrogen) atoms. The second kappa shape index (κ2) is 8.99. The van der Waals surface area contributed by atoms with E-state index in [0.717, 1.165) is 45.0 Å². The first kappa shape index (κ1) is 17.0. The van der Waals surface area contributed by atoms with Crippen molar-refractivity contribution < 1.29 is 4.39 Å². The van der Waals surface area contributed by atoms with Gasteiger partial charge in [0.1, 0.15) is 5.82 Å². The molecule has 1 heterocycles. The molecule has 6 heteroatoms. The summed E-state index contributed by atoms with van der Waals surface area (Å²) in [5, 5.41) is 6.47. The van der Waals surface area contributed by atoms with Crippen molar-refractivity contribution in [3.05, 3.63) is 30.1 Å². The zero-order chi connectivity index (χ0) is 13.5. The summed E-state index contributed by atoms with van der Waals surface area (Å²) in [5.74, 6) is 0.719. The Balaban J connectivity index is 0.00000200. The number of para-hydroxylation sites is 1. The van der Waals surface area contributed by atoms with E-state index in [-0.39, 0.29) is 29.8 Å². The highest BCUT2D eigenvalue weighted by molar-refractivity contribution is 14.0.